The normalized spacial score (nSPS) is 10.8. The zero-order valence-corrected chi connectivity index (χ0v) is 13.7. The number of rotatable bonds is 3. The number of halogens is 1. The fourth-order valence-electron chi connectivity index (χ4n) is 1.89. The Morgan fingerprint density at radius 2 is 1.54 bits per heavy atom. The summed E-state index contributed by atoms with van der Waals surface area (Å²) >= 11 is 0. The molecule has 6 heteroatoms. The number of anilines is 2. The summed E-state index contributed by atoms with van der Waals surface area (Å²) in [7, 11) is 0. The molecule has 5 nitrogen and oxygen atoms in total. The van der Waals surface area contributed by atoms with Crippen molar-refractivity contribution in [3.8, 4) is 0 Å². The lowest BCUT2D eigenvalue weighted by Gasteiger charge is -2.19. The lowest BCUT2D eigenvalue weighted by atomic mass is 10.2. The van der Waals surface area contributed by atoms with E-state index in [9.17, 15) is 14.0 Å². The van der Waals surface area contributed by atoms with Crippen LogP contribution in [0.5, 0.6) is 0 Å². The predicted molar refractivity (Wildman–Crippen MR) is 90.7 cm³/mol. The number of ether oxygens (including phenoxy) is 1. The van der Waals surface area contributed by atoms with Crippen molar-refractivity contribution < 1.29 is 18.7 Å². The predicted octanol–water partition coefficient (Wildman–Crippen LogP) is 4.43. The van der Waals surface area contributed by atoms with E-state index in [-0.39, 0.29) is 5.56 Å². The van der Waals surface area contributed by atoms with Crippen molar-refractivity contribution in [3.05, 3.63) is 59.9 Å². The molecule has 0 radical (unpaired) electrons. The molecular weight excluding hydrogens is 311 g/mol. The van der Waals surface area contributed by atoms with Crippen LogP contribution in [0.4, 0.5) is 20.6 Å². The molecule has 2 amide bonds. The quantitative estimate of drug-likeness (QED) is 0.875. The fourth-order valence-corrected chi connectivity index (χ4v) is 1.89. The number of carbonyl (C=O) groups excluding carboxylic acids is 2. The minimum Gasteiger partial charge on any atom is -0.444 e. The molecular formula is C18H19FN2O3. The van der Waals surface area contributed by atoms with E-state index in [4.69, 9.17) is 4.74 Å². The van der Waals surface area contributed by atoms with Gasteiger partial charge in [-0.05, 0) is 63.2 Å². The number of amides is 2. The molecule has 0 spiro atoms. The summed E-state index contributed by atoms with van der Waals surface area (Å²) in [6.07, 6.45) is -0.556. The summed E-state index contributed by atoms with van der Waals surface area (Å²) in [6, 6.07) is 11.9. The van der Waals surface area contributed by atoms with Gasteiger partial charge in [-0.2, -0.15) is 0 Å². The third-order valence-corrected chi connectivity index (χ3v) is 2.87. The Hall–Kier alpha value is -2.89. The van der Waals surface area contributed by atoms with Gasteiger partial charge < -0.3 is 10.1 Å². The second kappa shape index (κ2) is 7.12. The maximum Gasteiger partial charge on any atom is 0.412 e. The third kappa shape index (κ3) is 5.39. The topological polar surface area (TPSA) is 67.4 Å². The maximum absolute atomic E-state index is 13.1. The first-order valence-electron chi connectivity index (χ1n) is 7.40. The molecule has 0 aliphatic heterocycles. The van der Waals surface area contributed by atoms with Gasteiger partial charge in [-0.15, -0.1) is 0 Å². The Balaban J connectivity index is 1.97. The molecule has 2 rings (SSSR count). The van der Waals surface area contributed by atoms with Crippen LogP contribution in [-0.2, 0) is 4.74 Å². The van der Waals surface area contributed by atoms with Gasteiger partial charge in [0, 0.05) is 16.9 Å². The Labute approximate surface area is 139 Å². The van der Waals surface area contributed by atoms with Crippen molar-refractivity contribution in [1.29, 1.82) is 0 Å². The summed E-state index contributed by atoms with van der Waals surface area (Å²) in [6.45, 7) is 5.33. The Kier molecular flexibility index (Phi) is 5.18. The van der Waals surface area contributed by atoms with Crippen molar-refractivity contribution in [3.63, 3.8) is 0 Å². The zero-order valence-electron chi connectivity index (χ0n) is 13.7. The minimum absolute atomic E-state index is 0.228. The largest absolute Gasteiger partial charge is 0.444 e. The zero-order chi connectivity index (χ0) is 17.7. The van der Waals surface area contributed by atoms with Crippen LogP contribution in [0.25, 0.3) is 0 Å². The van der Waals surface area contributed by atoms with Crippen LogP contribution in [0.2, 0.25) is 0 Å². The van der Waals surface area contributed by atoms with Crippen LogP contribution in [0, 0.1) is 5.82 Å². The molecule has 126 valence electrons. The van der Waals surface area contributed by atoms with E-state index < -0.39 is 23.4 Å². The van der Waals surface area contributed by atoms with Crippen LogP contribution in [0.1, 0.15) is 31.1 Å². The molecule has 0 aliphatic rings. The van der Waals surface area contributed by atoms with E-state index in [1.165, 1.54) is 18.2 Å². The second-order valence-corrected chi connectivity index (χ2v) is 6.17. The van der Waals surface area contributed by atoms with E-state index in [1.807, 2.05) is 0 Å². The summed E-state index contributed by atoms with van der Waals surface area (Å²) in [5.41, 5.74) is 0.709. The summed E-state index contributed by atoms with van der Waals surface area (Å²) in [5.74, 6) is -0.887. The molecule has 2 N–H and O–H groups in total. The number of benzene rings is 2. The van der Waals surface area contributed by atoms with Gasteiger partial charge in [-0.3, -0.25) is 10.1 Å². The maximum atomic E-state index is 13.1. The van der Waals surface area contributed by atoms with Gasteiger partial charge in [-0.1, -0.05) is 6.07 Å². The van der Waals surface area contributed by atoms with Crippen molar-refractivity contribution in [2.75, 3.05) is 10.6 Å². The van der Waals surface area contributed by atoms with Gasteiger partial charge in [0.15, 0.2) is 0 Å². The Bertz CT molecular complexity index is 737. The molecule has 0 fully saturated rings. The molecule has 2 aromatic rings. The number of hydrogen-bond donors (Lipinski definition) is 2. The first kappa shape index (κ1) is 17.5. The van der Waals surface area contributed by atoms with E-state index >= 15 is 0 Å². The standard InChI is InChI=1S/C18H19FN2O3/c1-18(2,3)24-17(23)21-15-9-7-14(8-10-15)20-16(22)12-5-4-6-13(19)11-12/h4-11H,1-3H3,(H,20,22)(H,21,23). The van der Waals surface area contributed by atoms with E-state index in [1.54, 1.807) is 45.0 Å². The van der Waals surface area contributed by atoms with Crippen LogP contribution in [0.15, 0.2) is 48.5 Å². The van der Waals surface area contributed by atoms with Crippen molar-refractivity contribution in [2.45, 2.75) is 26.4 Å². The average Bonchev–Trinajstić information content (AvgIpc) is 2.47. The van der Waals surface area contributed by atoms with Crippen LogP contribution in [-0.4, -0.2) is 17.6 Å². The van der Waals surface area contributed by atoms with Gasteiger partial charge >= 0.3 is 6.09 Å². The summed E-state index contributed by atoms with van der Waals surface area (Å²) in [4.78, 5) is 23.7. The monoisotopic (exact) mass is 330 g/mol. The highest BCUT2D eigenvalue weighted by atomic mass is 19.1. The van der Waals surface area contributed by atoms with Gasteiger partial charge in [-0.25, -0.2) is 9.18 Å². The Morgan fingerprint density at radius 1 is 0.958 bits per heavy atom. The molecule has 0 heterocycles. The highest BCUT2D eigenvalue weighted by Crippen LogP contribution is 2.16. The van der Waals surface area contributed by atoms with Crippen LogP contribution in [0.3, 0.4) is 0 Å². The van der Waals surface area contributed by atoms with Crippen molar-refractivity contribution in [1.82, 2.24) is 0 Å². The SMILES string of the molecule is CC(C)(C)OC(=O)Nc1ccc(NC(=O)c2cccc(F)c2)cc1. The molecule has 0 aromatic heterocycles. The van der Waals surface area contributed by atoms with Crippen LogP contribution >= 0.6 is 0 Å². The lowest BCUT2D eigenvalue weighted by molar-refractivity contribution is 0.0635. The molecule has 0 aliphatic carbocycles. The van der Waals surface area contributed by atoms with Gasteiger partial charge in [0.05, 0.1) is 0 Å². The molecule has 0 unspecified atom stereocenters. The molecule has 0 bridgehead atoms. The van der Waals surface area contributed by atoms with Gasteiger partial charge in [0.25, 0.3) is 5.91 Å². The summed E-state index contributed by atoms with van der Waals surface area (Å²) < 4.78 is 18.3. The van der Waals surface area contributed by atoms with Crippen molar-refractivity contribution >= 4 is 23.4 Å². The number of hydrogen-bond acceptors (Lipinski definition) is 3. The first-order valence-corrected chi connectivity index (χ1v) is 7.40. The number of carbonyl (C=O) groups is 2. The molecule has 2 aromatic carbocycles. The number of nitrogens with one attached hydrogen (secondary N) is 2. The highest BCUT2D eigenvalue weighted by Gasteiger charge is 2.16. The lowest BCUT2D eigenvalue weighted by Crippen LogP contribution is -2.27. The van der Waals surface area contributed by atoms with Gasteiger partial charge in [0.2, 0.25) is 0 Å². The Morgan fingerprint density at radius 3 is 2.08 bits per heavy atom. The van der Waals surface area contributed by atoms with Crippen molar-refractivity contribution in [2.24, 2.45) is 0 Å². The highest BCUT2D eigenvalue weighted by molar-refractivity contribution is 6.04. The molecule has 0 saturated heterocycles. The van der Waals surface area contributed by atoms with Crippen LogP contribution < -0.4 is 10.6 Å². The third-order valence-electron chi connectivity index (χ3n) is 2.87. The smallest absolute Gasteiger partial charge is 0.412 e. The van der Waals surface area contributed by atoms with E-state index in [0.29, 0.717) is 11.4 Å². The molecule has 0 saturated carbocycles. The first-order chi connectivity index (χ1) is 11.2. The fraction of sp³-hybridized carbons (Fsp3) is 0.222. The van der Waals surface area contributed by atoms with Gasteiger partial charge in [0.1, 0.15) is 11.4 Å². The molecule has 24 heavy (non-hydrogen) atoms. The average molecular weight is 330 g/mol. The minimum atomic E-state index is -0.580. The molecule has 0 atom stereocenters. The second-order valence-electron chi connectivity index (χ2n) is 6.17. The van der Waals surface area contributed by atoms with E-state index in [0.717, 1.165) is 6.07 Å². The van der Waals surface area contributed by atoms with E-state index in [2.05, 4.69) is 10.6 Å². The summed E-state index contributed by atoms with van der Waals surface area (Å²) in [5, 5.41) is 5.25.